The lowest BCUT2D eigenvalue weighted by molar-refractivity contribution is 0.945. The van der Waals surface area contributed by atoms with Crippen molar-refractivity contribution in [2.24, 2.45) is 0 Å². The number of thioether (sulfide) groups is 1. The van der Waals surface area contributed by atoms with E-state index in [0.29, 0.717) is 4.75 Å². The number of nitrogens with zero attached hydrogens (tertiary/aromatic N) is 1. The topological polar surface area (TPSA) is 24.9 Å². The third kappa shape index (κ3) is 2.06. The van der Waals surface area contributed by atoms with Gasteiger partial charge in [-0.05, 0) is 32.9 Å². The molecule has 1 aromatic heterocycles. The second kappa shape index (κ2) is 3.74. The third-order valence-electron chi connectivity index (χ3n) is 2.83. The van der Waals surface area contributed by atoms with Crippen LogP contribution >= 0.6 is 23.1 Å². The summed E-state index contributed by atoms with van der Waals surface area (Å²) in [6, 6.07) is 0. The fourth-order valence-corrected chi connectivity index (χ4v) is 2.91. The molecule has 2 nitrogen and oxygen atoms in total. The van der Waals surface area contributed by atoms with Crippen molar-refractivity contribution >= 4 is 28.2 Å². The zero-order valence-corrected chi connectivity index (χ0v) is 10.5. The maximum atomic E-state index is 4.47. The van der Waals surface area contributed by atoms with Crippen molar-refractivity contribution in [2.75, 3.05) is 18.1 Å². The normalized spacial score (nSPS) is 18.2. The van der Waals surface area contributed by atoms with Crippen molar-refractivity contribution in [2.45, 2.75) is 31.4 Å². The van der Waals surface area contributed by atoms with Gasteiger partial charge in [0.15, 0.2) is 5.13 Å². The van der Waals surface area contributed by atoms with Crippen molar-refractivity contribution < 1.29 is 0 Å². The number of hydrogen-bond acceptors (Lipinski definition) is 4. The van der Waals surface area contributed by atoms with Crippen molar-refractivity contribution in [3.8, 4) is 0 Å². The molecular formula is C10H16N2S2. The molecule has 0 saturated heterocycles. The largest absolute Gasteiger partial charge is 0.360 e. The van der Waals surface area contributed by atoms with Crippen LogP contribution in [0, 0.1) is 13.8 Å². The highest BCUT2D eigenvalue weighted by molar-refractivity contribution is 8.00. The van der Waals surface area contributed by atoms with Crippen LogP contribution in [0.4, 0.5) is 5.13 Å². The first-order chi connectivity index (χ1) is 6.65. The van der Waals surface area contributed by atoms with E-state index in [9.17, 15) is 0 Å². The molecule has 0 bridgehead atoms. The van der Waals surface area contributed by atoms with Crippen LogP contribution in [0.3, 0.4) is 0 Å². The fraction of sp³-hybridized carbons (Fsp3) is 0.700. The van der Waals surface area contributed by atoms with E-state index >= 15 is 0 Å². The molecule has 1 heterocycles. The molecule has 1 fully saturated rings. The molecule has 14 heavy (non-hydrogen) atoms. The van der Waals surface area contributed by atoms with Gasteiger partial charge in [0.25, 0.3) is 0 Å². The number of hydrogen-bond donors (Lipinski definition) is 1. The Labute approximate surface area is 93.5 Å². The number of rotatable bonds is 4. The van der Waals surface area contributed by atoms with Crippen LogP contribution in [0.25, 0.3) is 0 Å². The Morgan fingerprint density at radius 2 is 2.21 bits per heavy atom. The van der Waals surface area contributed by atoms with E-state index in [4.69, 9.17) is 0 Å². The molecular weight excluding hydrogens is 212 g/mol. The average Bonchev–Trinajstić information content (AvgIpc) is 2.88. The van der Waals surface area contributed by atoms with E-state index in [1.165, 1.54) is 17.7 Å². The molecule has 0 unspecified atom stereocenters. The van der Waals surface area contributed by atoms with E-state index in [0.717, 1.165) is 17.4 Å². The highest BCUT2D eigenvalue weighted by atomic mass is 32.2. The summed E-state index contributed by atoms with van der Waals surface area (Å²) < 4.78 is 0.521. The molecule has 0 radical (unpaired) electrons. The molecule has 1 aliphatic rings. The Morgan fingerprint density at radius 3 is 2.64 bits per heavy atom. The summed E-state index contributed by atoms with van der Waals surface area (Å²) in [4.78, 5) is 5.79. The second-order valence-electron chi connectivity index (χ2n) is 3.90. The molecule has 4 heteroatoms. The van der Waals surface area contributed by atoms with Crippen LogP contribution in [-0.4, -0.2) is 22.5 Å². The van der Waals surface area contributed by atoms with Gasteiger partial charge < -0.3 is 5.32 Å². The molecule has 0 aliphatic heterocycles. The van der Waals surface area contributed by atoms with Gasteiger partial charge in [0.2, 0.25) is 0 Å². The molecule has 0 amide bonds. The van der Waals surface area contributed by atoms with Crippen LogP contribution in [-0.2, 0) is 0 Å². The SMILES string of the molecule is CSC1(CNc2nc(C)c(C)s2)CC1. The highest BCUT2D eigenvalue weighted by Gasteiger charge is 2.41. The first kappa shape index (κ1) is 10.3. The van der Waals surface area contributed by atoms with Gasteiger partial charge in [-0.25, -0.2) is 4.98 Å². The maximum absolute atomic E-state index is 4.47. The standard InChI is InChI=1S/C10H16N2S2/c1-7-8(2)14-9(12-7)11-6-10(13-3)4-5-10/h4-6H2,1-3H3,(H,11,12). The Morgan fingerprint density at radius 1 is 1.50 bits per heavy atom. The minimum atomic E-state index is 0.521. The van der Waals surface area contributed by atoms with E-state index in [2.05, 4.69) is 30.4 Å². The number of aromatic nitrogens is 1. The van der Waals surface area contributed by atoms with Crippen LogP contribution in [0.15, 0.2) is 0 Å². The lowest BCUT2D eigenvalue weighted by atomic mass is 10.4. The van der Waals surface area contributed by atoms with Crippen LogP contribution in [0.2, 0.25) is 0 Å². The molecule has 0 spiro atoms. The third-order valence-corrected chi connectivity index (χ3v) is 5.28. The van der Waals surface area contributed by atoms with Crippen molar-refractivity contribution in [1.29, 1.82) is 0 Å². The lowest BCUT2D eigenvalue weighted by Gasteiger charge is -2.11. The Bertz CT molecular complexity index is 309. The van der Waals surface area contributed by atoms with E-state index < -0.39 is 0 Å². The average molecular weight is 228 g/mol. The summed E-state index contributed by atoms with van der Waals surface area (Å²) in [5.74, 6) is 0. The second-order valence-corrected chi connectivity index (χ2v) is 6.38. The molecule has 1 N–H and O–H groups in total. The van der Waals surface area contributed by atoms with Crippen molar-refractivity contribution in [3.05, 3.63) is 10.6 Å². The molecule has 1 saturated carbocycles. The van der Waals surface area contributed by atoms with Crippen molar-refractivity contribution in [1.82, 2.24) is 4.98 Å². The Balaban J connectivity index is 1.92. The molecule has 1 aromatic rings. The summed E-state index contributed by atoms with van der Waals surface area (Å²) >= 11 is 3.74. The maximum Gasteiger partial charge on any atom is 0.183 e. The Kier molecular flexibility index (Phi) is 2.75. The summed E-state index contributed by atoms with van der Waals surface area (Å²) in [5.41, 5.74) is 1.16. The molecule has 1 aliphatic carbocycles. The molecule has 78 valence electrons. The highest BCUT2D eigenvalue weighted by Crippen LogP contribution is 2.47. The van der Waals surface area contributed by atoms with Gasteiger partial charge in [-0.1, -0.05) is 0 Å². The quantitative estimate of drug-likeness (QED) is 0.857. The fourth-order valence-electron chi connectivity index (χ4n) is 1.38. The summed E-state index contributed by atoms with van der Waals surface area (Å²) in [7, 11) is 0. The Hall–Kier alpha value is -0.220. The van der Waals surface area contributed by atoms with Crippen LogP contribution in [0.1, 0.15) is 23.4 Å². The van der Waals surface area contributed by atoms with Gasteiger partial charge in [0, 0.05) is 16.2 Å². The number of aryl methyl sites for hydroxylation is 2. The predicted octanol–water partition coefficient (Wildman–Crippen LogP) is 3.07. The number of anilines is 1. The first-order valence-electron chi connectivity index (χ1n) is 4.88. The van der Waals surface area contributed by atoms with Crippen LogP contribution in [0.5, 0.6) is 0 Å². The van der Waals surface area contributed by atoms with Gasteiger partial charge in [-0.2, -0.15) is 11.8 Å². The van der Waals surface area contributed by atoms with Gasteiger partial charge in [-0.3, -0.25) is 0 Å². The van der Waals surface area contributed by atoms with Gasteiger partial charge in [-0.15, -0.1) is 11.3 Å². The van der Waals surface area contributed by atoms with Crippen LogP contribution < -0.4 is 5.32 Å². The van der Waals surface area contributed by atoms with Gasteiger partial charge >= 0.3 is 0 Å². The monoisotopic (exact) mass is 228 g/mol. The van der Waals surface area contributed by atoms with Gasteiger partial charge in [0.05, 0.1) is 5.69 Å². The zero-order valence-electron chi connectivity index (χ0n) is 8.89. The molecule has 0 atom stereocenters. The lowest BCUT2D eigenvalue weighted by Crippen LogP contribution is -2.17. The predicted molar refractivity (Wildman–Crippen MR) is 65.6 cm³/mol. The minimum Gasteiger partial charge on any atom is -0.360 e. The van der Waals surface area contributed by atoms with Crippen molar-refractivity contribution in [3.63, 3.8) is 0 Å². The first-order valence-corrected chi connectivity index (χ1v) is 6.92. The number of thiazole rings is 1. The number of nitrogens with one attached hydrogen (secondary N) is 1. The minimum absolute atomic E-state index is 0.521. The molecule has 0 aromatic carbocycles. The van der Waals surface area contributed by atoms with E-state index in [1.54, 1.807) is 11.3 Å². The van der Waals surface area contributed by atoms with E-state index in [1.807, 2.05) is 11.8 Å². The molecule has 2 rings (SSSR count). The van der Waals surface area contributed by atoms with E-state index in [-0.39, 0.29) is 0 Å². The summed E-state index contributed by atoms with van der Waals surface area (Å²) in [6.45, 7) is 5.26. The van der Waals surface area contributed by atoms with Gasteiger partial charge in [0.1, 0.15) is 0 Å². The zero-order chi connectivity index (χ0) is 10.2. The summed E-state index contributed by atoms with van der Waals surface area (Å²) in [5, 5.41) is 4.53. The summed E-state index contributed by atoms with van der Waals surface area (Å²) in [6.07, 6.45) is 4.90. The smallest absolute Gasteiger partial charge is 0.183 e.